The summed E-state index contributed by atoms with van der Waals surface area (Å²) in [5, 5.41) is 13.2. The van der Waals surface area contributed by atoms with Crippen molar-refractivity contribution in [3.63, 3.8) is 0 Å². The molecule has 0 bridgehead atoms. The van der Waals surface area contributed by atoms with Crippen LogP contribution in [0.2, 0.25) is 5.02 Å². The monoisotopic (exact) mass is 240 g/mol. The highest BCUT2D eigenvalue weighted by molar-refractivity contribution is 6.30. The standard InChI is InChI=1S/C11H10ClFN2O/c1-7-8(6-16)5-14-15(7)9-2-3-10(12)11(13)4-9/h2-5,16H,6H2,1H3. The summed E-state index contributed by atoms with van der Waals surface area (Å²) < 4.78 is 14.8. The van der Waals surface area contributed by atoms with Gasteiger partial charge in [0.2, 0.25) is 0 Å². The van der Waals surface area contributed by atoms with E-state index in [1.807, 2.05) is 6.92 Å². The van der Waals surface area contributed by atoms with Crippen molar-refractivity contribution in [2.75, 3.05) is 0 Å². The number of aromatic nitrogens is 2. The van der Waals surface area contributed by atoms with Crippen molar-refractivity contribution in [2.24, 2.45) is 0 Å². The van der Waals surface area contributed by atoms with Gasteiger partial charge in [-0.25, -0.2) is 9.07 Å². The van der Waals surface area contributed by atoms with Gasteiger partial charge in [-0.05, 0) is 19.1 Å². The van der Waals surface area contributed by atoms with Gasteiger partial charge in [-0.1, -0.05) is 11.6 Å². The molecule has 2 aromatic rings. The lowest BCUT2D eigenvalue weighted by Crippen LogP contribution is -2.00. The molecule has 16 heavy (non-hydrogen) atoms. The number of hydrogen-bond acceptors (Lipinski definition) is 2. The molecule has 0 fully saturated rings. The van der Waals surface area contributed by atoms with Crippen molar-refractivity contribution < 1.29 is 9.50 Å². The number of benzene rings is 1. The highest BCUT2D eigenvalue weighted by atomic mass is 35.5. The summed E-state index contributed by atoms with van der Waals surface area (Å²) in [5.74, 6) is -0.486. The Labute approximate surface area is 97.1 Å². The molecule has 0 atom stereocenters. The summed E-state index contributed by atoms with van der Waals surface area (Å²) >= 11 is 5.60. The van der Waals surface area contributed by atoms with E-state index in [-0.39, 0.29) is 11.6 Å². The van der Waals surface area contributed by atoms with E-state index >= 15 is 0 Å². The first-order chi connectivity index (χ1) is 7.63. The summed E-state index contributed by atoms with van der Waals surface area (Å²) in [5.41, 5.74) is 2.08. The number of aliphatic hydroxyl groups excluding tert-OH is 1. The SMILES string of the molecule is Cc1c(CO)cnn1-c1ccc(Cl)c(F)c1. The van der Waals surface area contributed by atoms with Crippen molar-refractivity contribution in [3.05, 3.63) is 46.5 Å². The minimum Gasteiger partial charge on any atom is -0.392 e. The quantitative estimate of drug-likeness (QED) is 0.876. The smallest absolute Gasteiger partial charge is 0.143 e. The van der Waals surface area contributed by atoms with E-state index in [0.717, 1.165) is 11.3 Å². The molecule has 1 aromatic carbocycles. The highest BCUT2D eigenvalue weighted by Gasteiger charge is 2.08. The fraction of sp³-hybridized carbons (Fsp3) is 0.182. The van der Waals surface area contributed by atoms with Crippen LogP contribution < -0.4 is 0 Å². The number of hydrogen-bond donors (Lipinski definition) is 1. The van der Waals surface area contributed by atoms with Crippen molar-refractivity contribution in [1.82, 2.24) is 9.78 Å². The lowest BCUT2D eigenvalue weighted by molar-refractivity contribution is 0.281. The minimum atomic E-state index is -0.486. The van der Waals surface area contributed by atoms with Gasteiger partial charge in [-0.15, -0.1) is 0 Å². The van der Waals surface area contributed by atoms with Crippen LogP contribution in [0.25, 0.3) is 5.69 Å². The minimum absolute atomic E-state index is 0.0796. The van der Waals surface area contributed by atoms with Crippen molar-refractivity contribution in [2.45, 2.75) is 13.5 Å². The van der Waals surface area contributed by atoms with Gasteiger partial charge in [-0.3, -0.25) is 0 Å². The van der Waals surface area contributed by atoms with Gasteiger partial charge in [0.05, 0.1) is 23.5 Å². The number of nitrogens with zero attached hydrogens (tertiary/aromatic N) is 2. The molecule has 3 nitrogen and oxygen atoms in total. The maximum absolute atomic E-state index is 13.3. The third-order valence-electron chi connectivity index (χ3n) is 2.43. The van der Waals surface area contributed by atoms with Crippen LogP contribution in [0.1, 0.15) is 11.3 Å². The Morgan fingerprint density at radius 2 is 2.25 bits per heavy atom. The molecule has 0 amide bonds. The topological polar surface area (TPSA) is 38.1 Å². The maximum atomic E-state index is 13.3. The van der Waals surface area contributed by atoms with Crippen molar-refractivity contribution in [3.8, 4) is 5.69 Å². The highest BCUT2D eigenvalue weighted by Crippen LogP contribution is 2.20. The molecule has 84 valence electrons. The fourth-order valence-electron chi connectivity index (χ4n) is 1.48. The van der Waals surface area contributed by atoms with Crippen LogP contribution in [0.3, 0.4) is 0 Å². The second kappa shape index (κ2) is 4.23. The van der Waals surface area contributed by atoms with Crippen LogP contribution in [-0.4, -0.2) is 14.9 Å². The van der Waals surface area contributed by atoms with Gasteiger partial charge in [0.1, 0.15) is 5.82 Å². The van der Waals surface area contributed by atoms with Crippen LogP contribution >= 0.6 is 11.6 Å². The molecular weight excluding hydrogens is 231 g/mol. The van der Waals surface area contributed by atoms with Crippen molar-refractivity contribution >= 4 is 11.6 Å². The average molecular weight is 241 g/mol. The molecule has 0 aliphatic carbocycles. The number of rotatable bonds is 2. The number of aliphatic hydroxyl groups is 1. The van der Waals surface area contributed by atoms with Gasteiger partial charge in [0.15, 0.2) is 0 Å². The predicted octanol–water partition coefficient (Wildman–Crippen LogP) is 2.47. The van der Waals surface area contributed by atoms with E-state index in [2.05, 4.69) is 5.10 Å². The third-order valence-corrected chi connectivity index (χ3v) is 2.74. The molecule has 0 saturated heterocycles. The second-order valence-corrected chi connectivity index (χ2v) is 3.83. The van der Waals surface area contributed by atoms with Gasteiger partial charge in [0, 0.05) is 17.3 Å². The molecule has 1 aromatic heterocycles. The van der Waals surface area contributed by atoms with Crippen LogP contribution in [0.5, 0.6) is 0 Å². The summed E-state index contributed by atoms with van der Waals surface area (Å²) in [4.78, 5) is 0. The van der Waals surface area contributed by atoms with E-state index in [0.29, 0.717) is 5.69 Å². The molecule has 0 saturated carbocycles. The van der Waals surface area contributed by atoms with E-state index in [4.69, 9.17) is 16.7 Å². The van der Waals surface area contributed by atoms with Gasteiger partial charge in [0.25, 0.3) is 0 Å². The second-order valence-electron chi connectivity index (χ2n) is 3.42. The Hall–Kier alpha value is -1.39. The van der Waals surface area contributed by atoms with E-state index < -0.39 is 5.82 Å². The molecule has 0 unspecified atom stereocenters. The molecular formula is C11H10ClFN2O. The summed E-state index contributed by atoms with van der Waals surface area (Å²) in [7, 11) is 0. The van der Waals surface area contributed by atoms with Crippen LogP contribution in [0.4, 0.5) is 4.39 Å². The lowest BCUT2D eigenvalue weighted by Gasteiger charge is -2.05. The molecule has 0 radical (unpaired) electrons. The van der Waals surface area contributed by atoms with Crippen molar-refractivity contribution in [1.29, 1.82) is 0 Å². The zero-order chi connectivity index (χ0) is 11.7. The van der Waals surface area contributed by atoms with Crippen LogP contribution in [0.15, 0.2) is 24.4 Å². The van der Waals surface area contributed by atoms with E-state index in [1.165, 1.54) is 12.1 Å². The molecule has 0 aliphatic rings. The largest absolute Gasteiger partial charge is 0.392 e. The lowest BCUT2D eigenvalue weighted by atomic mass is 10.2. The van der Waals surface area contributed by atoms with E-state index in [9.17, 15) is 4.39 Å². The first-order valence-electron chi connectivity index (χ1n) is 4.73. The Kier molecular flexibility index (Phi) is 2.94. The Morgan fingerprint density at radius 3 is 2.81 bits per heavy atom. The zero-order valence-electron chi connectivity index (χ0n) is 8.61. The summed E-state index contributed by atoms with van der Waals surface area (Å²) in [6.45, 7) is 1.73. The zero-order valence-corrected chi connectivity index (χ0v) is 9.37. The van der Waals surface area contributed by atoms with Gasteiger partial charge < -0.3 is 5.11 Å². The van der Waals surface area contributed by atoms with Gasteiger partial charge >= 0.3 is 0 Å². The fourth-order valence-corrected chi connectivity index (χ4v) is 1.59. The van der Waals surface area contributed by atoms with E-state index in [1.54, 1.807) is 16.9 Å². The third kappa shape index (κ3) is 1.81. The number of halogens is 2. The predicted molar refractivity (Wildman–Crippen MR) is 59.2 cm³/mol. The van der Waals surface area contributed by atoms with Crippen LogP contribution in [-0.2, 0) is 6.61 Å². The van der Waals surface area contributed by atoms with Gasteiger partial charge in [-0.2, -0.15) is 5.10 Å². The summed E-state index contributed by atoms with van der Waals surface area (Å²) in [6.07, 6.45) is 1.56. The maximum Gasteiger partial charge on any atom is 0.143 e. The molecule has 1 heterocycles. The summed E-state index contributed by atoms with van der Waals surface area (Å²) in [6, 6.07) is 4.46. The molecule has 5 heteroatoms. The first-order valence-corrected chi connectivity index (χ1v) is 5.11. The van der Waals surface area contributed by atoms with Crippen LogP contribution in [0, 0.1) is 12.7 Å². The first kappa shape index (κ1) is 11.1. The Morgan fingerprint density at radius 1 is 1.50 bits per heavy atom. The molecule has 0 spiro atoms. The normalized spacial score (nSPS) is 10.8. The average Bonchev–Trinajstić information content (AvgIpc) is 2.64. The molecule has 2 rings (SSSR count). The molecule has 1 N–H and O–H groups in total. The Balaban J connectivity index is 2.50. The molecule has 0 aliphatic heterocycles. The Bertz CT molecular complexity index is 525.